The Labute approximate surface area is 83.3 Å². The summed E-state index contributed by atoms with van der Waals surface area (Å²) in [4.78, 5) is 0.524. The minimum Gasteiger partial charge on any atom is -0.206 e. The summed E-state index contributed by atoms with van der Waals surface area (Å²) in [5.41, 5.74) is -1.15. The van der Waals surface area contributed by atoms with Crippen LogP contribution in [0.3, 0.4) is 0 Å². The van der Waals surface area contributed by atoms with E-state index in [0.717, 1.165) is 6.07 Å². The smallest absolute Gasteiger partial charge is 0.206 e. The van der Waals surface area contributed by atoms with Crippen molar-refractivity contribution in [2.24, 2.45) is 0 Å². The van der Waals surface area contributed by atoms with E-state index in [1.54, 1.807) is 6.26 Å². The van der Waals surface area contributed by atoms with Gasteiger partial charge >= 0.3 is 6.18 Å². The second-order valence-electron chi connectivity index (χ2n) is 2.75. The van der Waals surface area contributed by atoms with Crippen LogP contribution in [0.15, 0.2) is 17.0 Å². The summed E-state index contributed by atoms with van der Waals surface area (Å²) in [5.74, 6) is -1.18. The lowest BCUT2D eigenvalue weighted by molar-refractivity contribution is -0.140. The largest absolute Gasteiger partial charge is 0.419 e. The second kappa shape index (κ2) is 3.81. The third kappa shape index (κ3) is 2.03. The van der Waals surface area contributed by atoms with Gasteiger partial charge in [-0.25, -0.2) is 4.39 Å². The maximum atomic E-state index is 13.2. The van der Waals surface area contributed by atoms with Crippen molar-refractivity contribution in [3.8, 4) is 0 Å². The first-order valence-corrected chi connectivity index (χ1v) is 5.00. The van der Waals surface area contributed by atoms with Gasteiger partial charge in [0.15, 0.2) is 0 Å². The molecule has 0 N–H and O–H groups in total. The minimum atomic E-state index is -4.62. The molecule has 1 rings (SSSR count). The molecule has 0 aliphatic carbocycles. The highest BCUT2D eigenvalue weighted by atomic mass is 32.2. The van der Waals surface area contributed by atoms with Gasteiger partial charge in [-0.1, -0.05) is 0 Å². The van der Waals surface area contributed by atoms with Crippen LogP contribution in [0.25, 0.3) is 0 Å². The van der Waals surface area contributed by atoms with E-state index in [4.69, 9.17) is 0 Å². The van der Waals surface area contributed by atoms with Crippen molar-refractivity contribution in [1.82, 2.24) is 0 Å². The number of hydrogen-bond donors (Lipinski definition) is 0. The first-order chi connectivity index (χ1) is 6.38. The minimum absolute atomic E-state index is 0.0484. The normalized spacial score (nSPS) is 11.9. The van der Waals surface area contributed by atoms with Gasteiger partial charge in [-0.15, -0.1) is 11.8 Å². The summed E-state index contributed by atoms with van der Waals surface area (Å²) in [6, 6.07) is 2.06. The Morgan fingerprint density at radius 1 is 1.21 bits per heavy atom. The summed E-state index contributed by atoms with van der Waals surface area (Å²) in [6.45, 7) is 1.34. The highest BCUT2D eigenvalue weighted by molar-refractivity contribution is 7.98. The summed E-state index contributed by atoms with van der Waals surface area (Å²) >= 11 is 1.22. The van der Waals surface area contributed by atoms with Crippen LogP contribution in [0.1, 0.15) is 11.1 Å². The molecule has 0 nitrogen and oxygen atoms in total. The highest BCUT2D eigenvalue weighted by Crippen LogP contribution is 2.35. The van der Waals surface area contributed by atoms with Gasteiger partial charge in [0, 0.05) is 4.90 Å². The molecule has 0 amide bonds. The van der Waals surface area contributed by atoms with Crippen molar-refractivity contribution in [2.75, 3.05) is 6.26 Å². The Balaban J connectivity index is 3.31. The molecule has 78 valence electrons. The van der Waals surface area contributed by atoms with Gasteiger partial charge in [0.25, 0.3) is 0 Å². The molecule has 0 heterocycles. The lowest BCUT2D eigenvalue weighted by Gasteiger charge is -2.11. The highest BCUT2D eigenvalue weighted by Gasteiger charge is 2.34. The molecule has 0 fully saturated rings. The Hall–Kier alpha value is -0.710. The molecule has 0 radical (unpaired) electrons. The van der Waals surface area contributed by atoms with Crippen molar-refractivity contribution < 1.29 is 17.6 Å². The molecule has 0 aliphatic rings. The van der Waals surface area contributed by atoms with E-state index < -0.39 is 17.6 Å². The summed E-state index contributed by atoms with van der Waals surface area (Å²) in [5, 5.41) is 0. The molecule has 0 saturated heterocycles. The number of halogens is 4. The predicted molar refractivity (Wildman–Crippen MR) is 47.9 cm³/mol. The zero-order valence-corrected chi connectivity index (χ0v) is 8.39. The van der Waals surface area contributed by atoms with Crippen LogP contribution in [-0.4, -0.2) is 6.26 Å². The Morgan fingerprint density at radius 2 is 1.79 bits per heavy atom. The first-order valence-electron chi connectivity index (χ1n) is 3.78. The topological polar surface area (TPSA) is 0 Å². The Kier molecular flexibility index (Phi) is 3.09. The van der Waals surface area contributed by atoms with Gasteiger partial charge < -0.3 is 0 Å². The number of benzene rings is 1. The molecule has 0 atom stereocenters. The molecule has 0 saturated carbocycles. The van der Waals surface area contributed by atoms with Crippen molar-refractivity contribution in [3.63, 3.8) is 0 Å². The molecule has 0 spiro atoms. The zero-order valence-electron chi connectivity index (χ0n) is 7.57. The summed E-state index contributed by atoms with van der Waals surface area (Å²) in [7, 11) is 0. The molecule has 0 bridgehead atoms. The van der Waals surface area contributed by atoms with Crippen LogP contribution < -0.4 is 0 Å². The van der Waals surface area contributed by atoms with Crippen molar-refractivity contribution in [3.05, 3.63) is 29.1 Å². The molecule has 1 aromatic rings. The number of alkyl halides is 3. The van der Waals surface area contributed by atoms with E-state index in [-0.39, 0.29) is 5.56 Å². The Bertz CT molecular complexity index is 343. The number of hydrogen-bond acceptors (Lipinski definition) is 1. The van der Waals surface area contributed by atoms with Gasteiger partial charge in [-0.3, -0.25) is 0 Å². The fraction of sp³-hybridized carbons (Fsp3) is 0.333. The number of rotatable bonds is 1. The van der Waals surface area contributed by atoms with Gasteiger partial charge in [-0.05, 0) is 30.9 Å². The Morgan fingerprint density at radius 3 is 2.21 bits per heavy atom. The monoisotopic (exact) mass is 224 g/mol. The fourth-order valence-corrected chi connectivity index (χ4v) is 1.71. The predicted octanol–water partition coefficient (Wildman–Crippen LogP) is 3.87. The molecule has 0 aliphatic heterocycles. The maximum absolute atomic E-state index is 13.2. The van der Waals surface area contributed by atoms with Crippen LogP contribution in [0, 0.1) is 12.7 Å². The van der Waals surface area contributed by atoms with Crippen LogP contribution in [-0.2, 0) is 6.18 Å². The molecular weight excluding hydrogens is 216 g/mol. The molecule has 0 aromatic heterocycles. The molecule has 0 unspecified atom stereocenters. The average Bonchev–Trinajstić information content (AvgIpc) is 2.07. The van der Waals surface area contributed by atoms with E-state index >= 15 is 0 Å². The molecular formula is C9H8F4S. The second-order valence-corrected chi connectivity index (χ2v) is 3.60. The maximum Gasteiger partial charge on any atom is 0.419 e. The SMILES string of the molecule is CSc1ccc(C(F)(F)F)c(F)c1C. The van der Waals surface area contributed by atoms with Crippen molar-refractivity contribution in [2.45, 2.75) is 18.0 Å². The number of thioether (sulfide) groups is 1. The van der Waals surface area contributed by atoms with Gasteiger partial charge in [0.1, 0.15) is 5.82 Å². The summed E-state index contributed by atoms with van der Waals surface area (Å²) < 4.78 is 49.9. The lowest BCUT2D eigenvalue weighted by Crippen LogP contribution is -2.09. The van der Waals surface area contributed by atoms with Crippen LogP contribution in [0.2, 0.25) is 0 Å². The third-order valence-corrected chi connectivity index (χ3v) is 2.74. The average molecular weight is 224 g/mol. The van der Waals surface area contributed by atoms with E-state index in [2.05, 4.69) is 0 Å². The van der Waals surface area contributed by atoms with E-state index in [0.29, 0.717) is 4.90 Å². The van der Waals surface area contributed by atoms with E-state index in [1.807, 2.05) is 0 Å². The third-order valence-electron chi connectivity index (χ3n) is 1.86. The van der Waals surface area contributed by atoms with Crippen molar-refractivity contribution >= 4 is 11.8 Å². The molecule has 14 heavy (non-hydrogen) atoms. The quantitative estimate of drug-likeness (QED) is 0.515. The van der Waals surface area contributed by atoms with Crippen LogP contribution in [0.4, 0.5) is 17.6 Å². The fourth-order valence-electron chi connectivity index (χ4n) is 1.11. The van der Waals surface area contributed by atoms with E-state index in [1.165, 1.54) is 24.8 Å². The van der Waals surface area contributed by atoms with Gasteiger partial charge in [-0.2, -0.15) is 13.2 Å². The van der Waals surface area contributed by atoms with Crippen LogP contribution >= 0.6 is 11.8 Å². The van der Waals surface area contributed by atoms with Crippen molar-refractivity contribution in [1.29, 1.82) is 0 Å². The summed E-state index contributed by atoms with van der Waals surface area (Å²) in [6.07, 6.45) is -2.93. The molecule has 1 aromatic carbocycles. The lowest BCUT2D eigenvalue weighted by atomic mass is 10.1. The standard InChI is InChI=1S/C9H8F4S/c1-5-7(14-2)4-3-6(8(5)10)9(11,12)13/h3-4H,1-2H3. The van der Waals surface area contributed by atoms with Gasteiger partial charge in [0.2, 0.25) is 0 Å². The zero-order chi connectivity index (χ0) is 10.9. The first kappa shape index (κ1) is 11.4. The molecule has 5 heteroatoms. The van der Waals surface area contributed by atoms with Gasteiger partial charge in [0.05, 0.1) is 5.56 Å². The van der Waals surface area contributed by atoms with E-state index in [9.17, 15) is 17.6 Å². The van der Waals surface area contributed by atoms with Crippen LogP contribution in [0.5, 0.6) is 0 Å².